The number of carbonyl (C=O) groups is 2. The van der Waals surface area contributed by atoms with Crippen molar-refractivity contribution in [1.29, 1.82) is 0 Å². The van der Waals surface area contributed by atoms with Crippen molar-refractivity contribution in [2.75, 3.05) is 0 Å². The van der Waals surface area contributed by atoms with E-state index >= 15 is 0 Å². The quantitative estimate of drug-likeness (QED) is 0.542. The number of aromatic nitrogens is 3. The van der Waals surface area contributed by atoms with Crippen LogP contribution >= 0.6 is 0 Å². The van der Waals surface area contributed by atoms with Crippen LogP contribution < -0.4 is 5.56 Å². The molecule has 0 fully saturated rings. The molecule has 1 aromatic carbocycles. The maximum Gasteiger partial charge on any atom is 0.296 e. The molecule has 0 aliphatic carbocycles. The second-order valence-electron chi connectivity index (χ2n) is 8.25. The molecular weight excluding hydrogens is 413 g/mol. The first kappa shape index (κ1) is 23.0. The van der Waals surface area contributed by atoms with E-state index in [0.29, 0.717) is 12.1 Å². The van der Waals surface area contributed by atoms with Crippen LogP contribution in [0.15, 0.2) is 53.5 Å². The monoisotopic (exact) mass is 437 g/mol. The van der Waals surface area contributed by atoms with E-state index in [0.717, 1.165) is 10.1 Å². The van der Waals surface area contributed by atoms with E-state index < -0.39 is 22.5 Å². The average Bonchev–Trinajstić information content (AvgIpc) is 2.77. The molecule has 8 heteroatoms. The number of aromatic hydroxyl groups is 1. The molecule has 0 saturated carbocycles. The van der Waals surface area contributed by atoms with Gasteiger partial charge in [0.25, 0.3) is 5.56 Å². The van der Waals surface area contributed by atoms with E-state index in [-0.39, 0.29) is 36.0 Å². The van der Waals surface area contributed by atoms with Gasteiger partial charge in [-0.15, -0.1) is 0 Å². The summed E-state index contributed by atoms with van der Waals surface area (Å²) in [5, 5.41) is 10.3. The number of rotatable bonds is 8. The smallest absolute Gasteiger partial charge is 0.296 e. The van der Waals surface area contributed by atoms with Crippen molar-refractivity contribution in [3.63, 3.8) is 0 Å². The Balaban J connectivity index is 1.88. The summed E-state index contributed by atoms with van der Waals surface area (Å²) in [7, 11) is 1.43. The van der Waals surface area contributed by atoms with Crippen LogP contribution in [0.5, 0.6) is 5.75 Å². The molecule has 166 valence electrons. The van der Waals surface area contributed by atoms with E-state index in [4.69, 9.17) is 0 Å². The second kappa shape index (κ2) is 9.21. The van der Waals surface area contributed by atoms with Gasteiger partial charge in [0.2, 0.25) is 5.75 Å². The number of nitrogens with zero attached hydrogens (tertiary/aromatic N) is 3. The fourth-order valence-corrected chi connectivity index (χ4v) is 3.52. The van der Waals surface area contributed by atoms with Crippen molar-refractivity contribution in [3.05, 3.63) is 87.6 Å². The third-order valence-corrected chi connectivity index (χ3v) is 5.24. The summed E-state index contributed by atoms with van der Waals surface area (Å²) >= 11 is 0. The fraction of sp³-hybridized carbons (Fsp3) is 0.292. The highest BCUT2D eigenvalue weighted by Gasteiger charge is 2.32. The second-order valence-corrected chi connectivity index (χ2v) is 8.25. The van der Waals surface area contributed by atoms with Gasteiger partial charge < -0.3 is 5.11 Å². The fourth-order valence-electron chi connectivity index (χ4n) is 3.52. The number of Topliss-reactive ketones (excluding diaryl/α,β-unsaturated/α-hetero) is 2. The minimum Gasteiger partial charge on any atom is -0.501 e. The Labute approximate surface area is 184 Å². The number of pyridine rings is 1. The van der Waals surface area contributed by atoms with Crippen molar-refractivity contribution >= 4 is 11.6 Å². The summed E-state index contributed by atoms with van der Waals surface area (Å²) in [5.41, 5.74) is -0.978. The van der Waals surface area contributed by atoms with Gasteiger partial charge >= 0.3 is 0 Å². The van der Waals surface area contributed by atoms with Crippen LogP contribution in [0.1, 0.15) is 59.1 Å². The lowest BCUT2D eigenvalue weighted by atomic mass is 9.85. The largest absolute Gasteiger partial charge is 0.501 e. The van der Waals surface area contributed by atoms with Gasteiger partial charge in [0.15, 0.2) is 17.3 Å². The zero-order valence-corrected chi connectivity index (χ0v) is 18.1. The number of hydrogen-bond acceptors (Lipinski definition) is 6. The third kappa shape index (κ3) is 4.96. The zero-order chi connectivity index (χ0) is 23.5. The highest BCUT2D eigenvalue weighted by atomic mass is 19.1. The minimum atomic E-state index is -0.914. The van der Waals surface area contributed by atoms with Gasteiger partial charge in [-0.25, -0.2) is 9.37 Å². The maximum absolute atomic E-state index is 13.1. The summed E-state index contributed by atoms with van der Waals surface area (Å²) in [5.74, 6) is -1.65. The lowest BCUT2D eigenvalue weighted by molar-refractivity contribution is 0.0949. The van der Waals surface area contributed by atoms with Crippen LogP contribution in [-0.4, -0.2) is 31.2 Å². The predicted molar refractivity (Wildman–Crippen MR) is 116 cm³/mol. The Kier molecular flexibility index (Phi) is 6.62. The highest BCUT2D eigenvalue weighted by molar-refractivity contribution is 5.97. The standard InChI is InChI=1S/C24H24FN3O4/c1-24(2,14-19(30)17-6-4-5-13-26-17)23-27-20(21(31)22(32)28(23)3)18(29)12-9-15-7-10-16(25)11-8-15/h4-8,10-11,13,31H,9,12,14H2,1-3H3. The first-order valence-electron chi connectivity index (χ1n) is 10.1. The van der Waals surface area contributed by atoms with Gasteiger partial charge in [0.05, 0.1) is 0 Å². The Morgan fingerprint density at radius 2 is 1.78 bits per heavy atom. The Morgan fingerprint density at radius 3 is 2.41 bits per heavy atom. The van der Waals surface area contributed by atoms with Gasteiger partial charge in [0.1, 0.15) is 17.3 Å². The maximum atomic E-state index is 13.1. The lowest BCUT2D eigenvalue weighted by Gasteiger charge is -2.26. The Hall–Kier alpha value is -3.68. The number of ketones is 2. The molecule has 2 heterocycles. The zero-order valence-electron chi connectivity index (χ0n) is 18.1. The summed E-state index contributed by atoms with van der Waals surface area (Å²) in [6.07, 6.45) is 1.80. The molecule has 0 aliphatic heterocycles. The summed E-state index contributed by atoms with van der Waals surface area (Å²) in [4.78, 5) is 46.4. The van der Waals surface area contributed by atoms with Gasteiger partial charge in [-0.3, -0.25) is 23.9 Å². The molecule has 0 unspecified atom stereocenters. The first-order chi connectivity index (χ1) is 15.1. The summed E-state index contributed by atoms with van der Waals surface area (Å²) in [6.45, 7) is 3.47. The number of aryl methyl sites for hydroxylation is 1. The van der Waals surface area contributed by atoms with Crippen molar-refractivity contribution < 1.29 is 19.1 Å². The van der Waals surface area contributed by atoms with Crippen LogP contribution in [0.2, 0.25) is 0 Å². The molecule has 0 aliphatic rings. The predicted octanol–water partition coefficient (Wildman–Crippen LogP) is 3.39. The molecule has 7 nitrogen and oxygen atoms in total. The molecular formula is C24H24FN3O4. The minimum absolute atomic E-state index is 0.00171. The van der Waals surface area contributed by atoms with Crippen LogP contribution in [-0.2, 0) is 18.9 Å². The van der Waals surface area contributed by atoms with Gasteiger partial charge in [0, 0.05) is 31.5 Å². The van der Waals surface area contributed by atoms with E-state index in [1.807, 2.05) is 0 Å². The number of halogens is 1. The summed E-state index contributed by atoms with van der Waals surface area (Å²) < 4.78 is 14.2. The van der Waals surface area contributed by atoms with E-state index in [2.05, 4.69) is 9.97 Å². The van der Waals surface area contributed by atoms with E-state index in [1.54, 1.807) is 44.2 Å². The molecule has 3 rings (SSSR count). The molecule has 0 radical (unpaired) electrons. The third-order valence-electron chi connectivity index (χ3n) is 5.24. The number of carbonyl (C=O) groups excluding carboxylic acids is 2. The SMILES string of the molecule is Cn1c(C(C)(C)CC(=O)c2ccccn2)nc(C(=O)CCc2ccc(F)cc2)c(O)c1=O. The first-order valence-corrected chi connectivity index (χ1v) is 10.1. The van der Waals surface area contributed by atoms with Crippen LogP contribution in [0.25, 0.3) is 0 Å². The lowest BCUT2D eigenvalue weighted by Crippen LogP contribution is -2.34. The molecule has 1 N–H and O–H groups in total. The molecule has 2 aromatic heterocycles. The molecule has 0 amide bonds. The Morgan fingerprint density at radius 1 is 1.09 bits per heavy atom. The number of hydrogen-bond donors (Lipinski definition) is 1. The number of benzene rings is 1. The normalized spacial score (nSPS) is 11.4. The van der Waals surface area contributed by atoms with Crippen molar-refractivity contribution in [1.82, 2.24) is 14.5 Å². The van der Waals surface area contributed by atoms with Gasteiger partial charge in [-0.05, 0) is 36.2 Å². The average molecular weight is 437 g/mol. The van der Waals surface area contributed by atoms with Crippen LogP contribution in [0, 0.1) is 5.82 Å². The van der Waals surface area contributed by atoms with Crippen LogP contribution in [0.4, 0.5) is 4.39 Å². The van der Waals surface area contributed by atoms with Crippen LogP contribution in [0.3, 0.4) is 0 Å². The molecule has 0 atom stereocenters. The Bertz CT molecular complexity index is 1200. The highest BCUT2D eigenvalue weighted by Crippen LogP contribution is 2.28. The molecule has 32 heavy (non-hydrogen) atoms. The van der Waals surface area contributed by atoms with E-state index in [9.17, 15) is 23.9 Å². The van der Waals surface area contributed by atoms with Crippen molar-refractivity contribution in [3.8, 4) is 5.75 Å². The molecule has 3 aromatic rings. The molecule has 0 spiro atoms. The van der Waals surface area contributed by atoms with Gasteiger partial charge in [-0.1, -0.05) is 32.0 Å². The molecule has 0 bridgehead atoms. The molecule has 0 saturated heterocycles. The van der Waals surface area contributed by atoms with E-state index in [1.165, 1.54) is 25.4 Å². The van der Waals surface area contributed by atoms with Crippen molar-refractivity contribution in [2.24, 2.45) is 7.05 Å². The summed E-state index contributed by atoms with van der Waals surface area (Å²) in [6, 6.07) is 10.7. The van der Waals surface area contributed by atoms with Gasteiger partial charge in [-0.2, -0.15) is 0 Å². The van der Waals surface area contributed by atoms with Crippen molar-refractivity contribution in [2.45, 2.75) is 38.5 Å². The topological polar surface area (TPSA) is 102 Å².